The maximum atomic E-state index is 5.72. The minimum absolute atomic E-state index is 0.569. The second-order valence-electron chi connectivity index (χ2n) is 2.39. The molecule has 3 heteroatoms. The van der Waals surface area contributed by atoms with Gasteiger partial charge in [-0.15, -0.1) is 11.3 Å². The Kier molecular flexibility index (Phi) is 3.70. The number of hydrogen-bond donors (Lipinski definition) is 0. The maximum absolute atomic E-state index is 5.72. The number of pyridine rings is 1. The number of aromatic nitrogens is 1. The van der Waals surface area contributed by atoms with E-state index in [1.54, 1.807) is 11.3 Å². The van der Waals surface area contributed by atoms with Gasteiger partial charge in [-0.2, -0.15) is 0 Å². The molecule has 2 aromatic heterocycles. The largest absolute Gasteiger partial charge is 0.225 e. The average Bonchev–Trinajstić information content (AvgIpc) is 2.48. The second-order valence-corrected chi connectivity index (χ2v) is 4.01. The molecule has 0 spiro atoms. The molecule has 0 aliphatic rings. The number of rotatable bonds is 0. The van der Waals surface area contributed by atoms with Crippen LogP contribution in [0.2, 0.25) is 5.15 Å². The SMILES string of the molecule is CC.Cc1cc2ccc(Cl)nc2s1. The third-order valence-electron chi connectivity index (χ3n) is 1.47. The Hall–Kier alpha value is -0.600. The van der Waals surface area contributed by atoms with Crippen LogP contribution < -0.4 is 0 Å². The monoisotopic (exact) mass is 213 g/mol. The van der Waals surface area contributed by atoms with Crippen molar-refractivity contribution in [3.63, 3.8) is 0 Å². The molecule has 0 amide bonds. The van der Waals surface area contributed by atoms with E-state index in [1.807, 2.05) is 26.0 Å². The molecular formula is C10H12ClNS. The molecule has 2 rings (SSSR count). The zero-order valence-corrected chi connectivity index (χ0v) is 9.54. The van der Waals surface area contributed by atoms with Crippen molar-refractivity contribution in [2.24, 2.45) is 0 Å². The van der Waals surface area contributed by atoms with Gasteiger partial charge in [0.05, 0.1) is 0 Å². The molecule has 0 bridgehead atoms. The molecule has 0 unspecified atom stereocenters. The van der Waals surface area contributed by atoms with Crippen molar-refractivity contribution in [1.29, 1.82) is 0 Å². The number of thiophene rings is 1. The maximum Gasteiger partial charge on any atom is 0.130 e. The second kappa shape index (κ2) is 4.58. The van der Waals surface area contributed by atoms with Crippen molar-refractivity contribution >= 4 is 33.2 Å². The average molecular weight is 214 g/mol. The van der Waals surface area contributed by atoms with Gasteiger partial charge in [0.1, 0.15) is 9.98 Å². The smallest absolute Gasteiger partial charge is 0.130 e. The number of nitrogens with zero attached hydrogens (tertiary/aromatic N) is 1. The van der Waals surface area contributed by atoms with Crippen molar-refractivity contribution in [3.05, 3.63) is 28.2 Å². The van der Waals surface area contributed by atoms with E-state index in [2.05, 4.69) is 18.0 Å². The van der Waals surface area contributed by atoms with Crippen LogP contribution in [-0.4, -0.2) is 4.98 Å². The topological polar surface area (TPSA) is 12.9 Å². The molecule has 70 valence electrons. The molecule has 0 fully saturated rings. The Bertz CT molecular complexity index is 395. The molecule has 2 aromatic rings. The molecule has 0 aliphatic heterocycles. The van der Waals surface area contributed by atoms with Crippen molar-refractivity contribution < 1.29 is 0 Å². The summed E-state index contributed by atoms with van der Waals surface area (Å²) < 4.78 is 0. The number of fused-ring (bicyclic) bond motifs is 1. The van der Waals surface area contributed by atoms with Crippen LogP contribution >= 0.6 is 22.9 Å². The van der Waals surface area contributed by atoms with Crippen LogP contribution in [0.4, 0.5) is 0 Å². The van der Waals surface area contributed by atoms with Crippen molar-refractivity contribution in [1.82, 2.24) is 4.98 Å². The quantitative estimate of drug-likeness (QED) is 0.596. The minimum Gasteiger partial charge on any atom is -0.225 e. The molecule has 0 aliphatic carbocycles. The van der Waals surface area contributed by atoms with Gasteiger partial charge in [0.15, 0.2) is 0 Å². The minimum atomic E-state index is 0.569. The van der Waals surface area contributed by atoms with Gasteiger partial charge in [0.2, 0.25) is 0 Å². The fourth-order valence-corrected chi connectivity index (χ4v) is 2.10. The molecule has 13 heavy (non-hydrogen) atoms. The fraction of sp³-hybridized carbons (Fsp3) is 0.300. The van der Waals surface area contributed by atoms with Gasteiger partial charge < -0.3 is 0 Å². The summed E-state index contributed by atoms with van der Waals surface area (Å²) in [7, 11) is 0. The normalized spacial score (nSPS) is 9.54. The van der Waals surface area contributed by atoms with Gasteiger partial charge >= 0.3 is 0 Å². The fourth-order valence-electron chi connectivity index (χ4n) is 1.02. The van der Waals surface area contributed by atoms with Crippen LogP contribution in [0.1, 0.15) is 18.7 Å². The summed E-state index contributed by atoms with van der Waals surface area (Å²) >= 11 is 7.39. The van der Waals surface area contributed by atoms with Crippen LogP contribution in [0.5, 0.6) is 0 Å². The summed E-state index contributed by atoms with van der Waals surface area (Å²) in [5.74, 6) is 0. The van der Waals surface area contributed by atoms with Crippen molar-refractivity contribution in [3.8, 4) is 0 Å². The Morgan fingerprint density at radius 1 is 1.31 bits per heavy atom. The van der Waals surface area contributed by atoms with E-state index in [4.69, 9.17) is 11.6 Å². The zero-order valence-electron chi connectivity index (χ0n) is 7.97. The molecule has 0 aromatic carbocycles. The first-order valence-corrected chi connectivity index (χ1v) is 5.48. The molecule has 0 atom stereocenters. The summed E-state index contributed by atoms with van der Waals surface area (Å²) in [5.41, 5.74) is 0. The first kappa shape index (κ1) is 10.5. The van der Waals surface area contributed by atoms with Gasteiger partial charge in [-0.05, 0) is 25.1 Å². The summed E-state index contributed by atoms with van der Waals surface area (Å²) in [4.78, 5) is 6.48. The molecular weight excluding hydrogens is 202 g/mol. The van der Waals surface area contributed by atoms with Crippen molar-refractivity contribution in [2.45, 2.75) is 20.8 Å². The van der Waals surface area contributed by atoms with Crippen LogP contribution in [0, 0.1) is 6.92 Å². The van der Waals surface area contributed by atoms with E-state index < -0.39 is 0 Å². The summed E-state index contributed by atoms with van der Waals surface area (Å²) in [5, 5.41) is 1.75. The predicted octanol–water partition coefficient (Wildman–Crippen LogP) is 4.28. The van der Waals surface area contributed by atoms with Crippen LogP contribution in [0.15, 0.2) is 18.2 Å². The summed E-state index contributed by atoms with van der Waals surface area (Å²) in [6, 6.07) is 5.92. The molecule has 1 nitrogen and oxygen atoms in total. The zero-order chi connectivity index (χ0) is 9.84. The molecule has 0 saturated carbocycles. The summed E-state index contributed by atoms with van der Waals surface area (Å²) in [6.07, 6.45) is 0. The number of hydrogen-bond acceptors (Lipinski definition) is 2. The standard InChI is InChI=1S/C8H6ClNS.C2H6/c1-5-4-6-2-3-7(9)10-8(6)11-5;1-2/h2-4H,1H3;1-2H3. The first-order chi connectivity index (χ1) is 6.25. The molecule has 0 saturated heterocycles. The third kappa shape index (κ3) is 2.42. The Morgan fingerprint density at radius 2 is 2.00 bits per heavy atom. The van der Waals surface area contributed by atoms with Gasteiger partial charge in [0.25, 0.3) is 0 Å². The highest BCUT2D eigenvalue weighted by molar-refractivity contribution is 7.18. The van der Waals surface area contributed by atoms with Crippen LogP contribution in [-0.2, 0) is 0 Å². The molecule has 0 N–H and O–H groups in total. The molecule has 2 heterocycles. The van der Waals surface area contributed by atoms with Crippen LogP contribution in [0.25, 0.3) is 10.2 Å². The highest BCUT2D eigenvalue weighted by Gasteiger charge is 1.98. The van der Waals surface area contributed by atoms with E-state index >= 15 is 0 Å². The van der Waals surface area contributed by atoms with E-state index in [0.29, 0.717) is 5.15 Å². The first-order valence-electron chi connectivity index (χ1n) is 4.28. The van der Waals surface area contributed by atoms with E-state index in [9.17, 15) is 0 Å². The summed E-state index contributed by atoms with van der Waals surface area (Å²) in [6.45, 7) is 6.07. The van der Waals surface area contributed by atoms with E-state index in [0.717, 1.165) is 4.83 Å². The Labute approximate surface area is 87.4 Å². The van der Waals surface area contributed by atoms with Gasteiger partial charge in [-0.1, -0.05) is 25.4 Å². The highest BCUT2D eigenvalue weighted by atomic mass is 35.5. The lowest BCUT2D eigenvalue weighted by Gasteiger charge is -1.87. The highest BCUT2D eigenvalue weighted by Crippen LogP contribution is 2.24. The predicted molar refractivity (Wildman–Crippen MR) is 60.7 cm³/mol. The molecule has 0 radical (unpaired) electrons. The number of halogens is 1. The Balaban J connectivity index is 0.000000396. The van der Waals surface area contributed by atoms with E-state index in [-0.39, 0.29) is 0 Å². The van der Waals surface area contributed by atoms with E-state index in [1.165, 1.54) is 10.3 Å². The van der Waals surface area contributed by atoms with Gasteiger partial charge in [-0.3, -0.25) is 0 Å². The Morgan fingerprint density at radius 3 is 2.69 bits per heavy atom. The third-order valence-corrected chi connectivity index (χ3v) is 2.64. The van der Waals surface area contributed by atoms with Gasteiger partial charge in [0, 0.05) is 10.3 Å². The lowest BCUT2D eigenvalue weighted by Crippen LogP contribution is -1.70. The van der Waals surface area contributed by atoms with Crippen molar-refractivity contribution in [2.75, 3.05) is 0 Å². The van der Waals surface area contributed by atoms with Gasteiger partial charge in [-0.25, -0.2) is 4.98 Å². The number of aryl methyl sites for hydroxylation is 1. The van der Waals surface area contributed by atoms with Crippen LogP contribution in [0.3, 0.4) is 0 Å². The lowest BCUT2D eigenvalue weighted by atomic mass is 10.3. The lowest BCUT2D eigenvalue weighted by molar-refractivity contribution is 1.44.